The Morgan fingerprint density at radius 1 is 1.26 bits per heavy atom. The Morgan fingerprint density at radius 2 is 2.04 bits per heavy atom. The monoisotopic (exact) mass is 345 g/mol. The lowest BCUT2D eigenvalue weighted by atomic mass is 9.76. The molecule has 23 heavy (non-hydrogen) atoms. The first kappa shape index (κ1) is 16.6. The molecule has 5 nitrogen and oxygen atoms in total. The van der Waals surface area contributed by atoms with E-state index in [9.17, 15) is 17.2 Å². The molecule has 2 aliphatic rings. The van der Waals surface area contributed by atoms with Crippen molar-refractivity contribution in [3.05, 3.63) is 24.5 Å². The highest BCUT2D eigenvalue weighted by molar-refractivity contribution is 7.89. The van der Waals surface area contributed by atoms with Crippen LogP contribution in [0.15, 0.2) is 24.5 Å². The molecular formula is C15H21F2N3O2S. The third-order valence-corrected chi connectivity index (χ3v) is 6.88. The van der Waals surface area contributed by atoms with Gasteiger partial charge in [-0.25, -0.2) is 21.5 Å². The molecule has 0 radical (unpaired) electrons. The van der Waals surface area contributed by atoms with Crippen LogP contribution in [0.3, 0.4) is 0 Å². The third kappa shape index (κ3) is 2.82. The van der Waals surface area contributed by atoms with E-state index in [1.165, 1.54) is 4.31 Å². The van der Waals surface area contributed by atoms with E-state index in [-0.39, 0.29) is 31.8 Å². The van der Waals surface area contributed by atoms with Crippen molar-refractivity contribution in [3.63, 3.8) is 0 Å². The van der Waals surface area contributed by atoms with E-state index in [1.807, 2.05) is 11.0 Å². The highest BCUT2D eigenvalue weighted by Crippen LogP contribution is 2.50. The van der Waals surface area contributed by atoms with E-state index in [2.05, 4.69) is 4.98 Å². The molecule has 2 saturated heterocycles. The van der Waals surface area contributed by atoms with E-state index in [4.69, 9.17) is 0 Å². The van der Waals surface area contributed by atoms with Crippen LogP contribution in [-0.4, -0.2) is 55.6 Å². The van der Waals surface area contributed by atoms with Gasteiger partial charge in [0.25, 0.3) is 5.92 Å². The molecule has 1 aromatic heterocycles. The summed E-state index contributed by atoms with van der Waals surface area (Å²) >= 11 is 0. The molecule has 0 aliphatic carbocycles. The summed E-state index contributed by atoms with van der Waals surface area (Å²) < 4.78 is 54.8. The first-order valence-electron chi connectivity index (χ1n) is 7.80. The van der Waals surface area contributed by atoms with Crippen molar-refractivity contribution in [3.8, 4) is 0 Å². The highest BCUT2D eigenvalue weighted by Gasteiger charge is 2.60. The van der Waals surface area contributed by atoms with Crippen LogP contribution in [0.1, 0.15) is 19.8 Å². The maximum atomic E-state index is 14.7. The van der Waals surface area contributed by atoms with Crippen molar-refractivity contribution in [1.29, 1.82) is 0 Å². The van der Waals surface area contributed by atoms with Crippen molar-refractivity contribution in [2.75, 3.05) is 36.8 Å². The highest BCUT2D eigenvalue weighted by atomic mass is 32.2. The molecule has 1 atom stereocenters. The van der Waals surface area contributed by atoms with Crippen LogP contribution in [-0.2, 0) is 10.0 Å². The van der Waals surface area contributed by atoms with Gasteiger partial charge in [-0.15, -0.1) is 0 Å². The molecule has 8 heteroatoms. The van der Waals surface area contributed by atoms with Crippen molar-refractivity contribution >= 4 is 15.7 Å². The second kappa shape index (κ2) is 5.66. The number of aromatic nitrogens is 1. The average molecular weight is 345 g/mol. The van der Waals surface area contributed by atoms with Gasteiger partial charge in [-0.2, -0.15) is 0 Å². The average Bonchev–Trinajstić information content (AvgIpc) is 2.97. The zero-order valence-corrected chi connectivity index (χ0v) is 13.9. The SMILES string of the molecule is CCS(=O)(=O)N1CCC(F)(F)C2(CCN(c3cccnc3)C2)C1. The topological polar surface area (TPSA) is 53.5 Å². The maximum absolute atomic E-state index is 14.7. The lowest BCUT2D eigenvalue weighted by Crippen LogP contribution is -2.58. The summed E-state index contributed by atoms with van der Waals surface area (Å²) in [5.41, 5.74) is -0.515. The number of sulfonamides is 1. The van der Waals surface area contributed by atoms with Crippen LogP contribution in [0.2, 0.25) is 0 Å². The summed E-state index contributed by atoms with van der Waals surface area (Å²) in [6.07, 6.45) is 3.17. The lowest BCUT2D eigenvalue weighted by molar-refractivity contribution is -0.145. The Morgan fingerprint density at radius 3 is 2.70 bits per heavy atom. The molecule has 1 aromatic rings. The van der Waals surface area contributed by atoms with E-state index in [0.29, 0.717) is 6.54 Å². The van der Waals surface area contributed by atoms with Gasteiger partial charge < -0.3 is 4.90 Å². The van der Waals surface area contributed by atoms with Crippen LogP contribution in [0.5, 0.6) is 0 Å². The fourth-order valence-corrected chi connectivity index (χ4v) is 4.72. The smallest absolute Gasteiger partial charge is 0.257 e. The number of nitrogens with zero attached hydrogens (tertiary/aromatic N) is 3. The number of halogens is 2. The standard InChI is InChI=1S/C15H21F2N3O2S/c1-2-23(21,22)20-9-6-15(16,17)14(12-20)5-8-19(11-14)13-4-3-7-18-10-13/h3-4,7,10H,2,5-6,8-9,11-12H2,1H3. The van der Waals surface area contributed by atoms with Crippen LogP contribution in [0.4, 0.5) is 14.5 Å². The Kier molecular flexibility index (Phi) is 4.08. The molecule has 0 aromatic carbocycles. The Hall–Kier alpha value is -1.28. The van der Waals surface area contributed by atoms with Gasteiger partial charge >= 0.3 is 0 Å². The van der Waals surface area contributed by atoms with E-state index >= 15 is 0 Å². The molecule has 0 amide bonds. The van der Waals surface area contributed by atoms with Crippen molar-refractivity contribution in [2.45, 2.75) is 25.7 Å². The molecule has 2 fully saturated rings. The third-order valence-electron chi connectivity index (χ3n) is 5.05. The molecule has 3 rings (SSSR count). The number of pyridine rings is 1. The lowest BCUT2D eigenvalue weighted by Gasteiger charge is -2.45. The second-order valence-electron chi connectivity index (χ2n) is 6.35. The number of alkyl halides is 2. The largest absolute Gasteiger partial charge is 0.369 e. The van der Waals surface area contributed by atoms with Gasteiger partial charge in [0.1, 0.15) is 0 Å². The van der Waals surface area contributed by atoms with Gasteiger partial charge in [0.2, 0.25) is 10.0 Å². The minimum absolute atomic E-state index is 0.0546. The quantitative estimate of drug-likeness (QED) is 0.840. The minimum atomic E-state index is -3.45. The predicted octanol–water partition coefficient (Wildman–Crippen LogP) is 1.97. The van der Waals surface area contributed by atoms with Gasteiger partial charge in [0, 0.05) is 38.8 Å². The van der Waals surface area contributed by atoms with E-state index in [0.717, 1.165) is 5.69 Å². The van der Waals surface area contributed by atoms with Gasteiger partial charge in [0.15, 0.2) is 0 Å². The molecule has 1 unspecified atom stereocenters. The zero-order valence-electron chi connectivity index (χ0n) is 13.1. The van der Waals surface area contributed by atoms with Crippen LogP contribution in [0, 0.1) is 5.41 Å². The zero-order chi connectivity index (χ0) is 16.7. The second-order valence-corrected chi connectivity index (χ2v) is 8.61. The maximum Gasteiger partial charge on any atom is 0.257 e. The molecule has 1 spiro atoms. The first-order chi connectivity index (χ1) is 10.8. The fraction of sp³-hybridized carbons (Fsp3) is 0.667. The predicted molar refractivity (Wildman–Crippen MR) is 84.1 cm³/mol. The fourth-order valence-electron chi connectivity index (χ4n) is 3.54. The van der Waals surface area contributed by atoms with Crippen LogP contribution >= 0.6 is 0 Å². The Bertz CT molecular complexity index is 669. The van der Waals surface area contributed by atoms with Gasteiger partial charge in [-0.05, 0) is 25.5 Å². The number of rotatable bonds is 3. The number of piperidine rings is 1. The molecule has 0 N–H and O–H groups in total. The molecule has 2 aliphatic heterocycles. The van der Waals surface area contributed by atoms with E-state index < -0.39 is 27.8 Å². The normalized spacial score (nSPS) is 28.4. The van der Waals surface area contributed by atoms with E-state index in [1.54, 1.807) is 25.4 Å². The summed E-state index contributed by atoms with van der Waals surface area (Å²) in [5, 5.41) is 0. The number of hydrogen-bond donors (Lipinski definition) is 0. The van der Waals surface area contributed by atoms with Gasteiger partial charge in [-0.1, -0.05) is 0 Å². The first-order valence-corrected chi connectivity index (χ1v) is 9.41. The number of anilines is 1. The molecule has 128 valence electrons. The molecule has 0 saturated carbocycles. The van der Waals surface area contributed by atoms with Gasteiger partial charge in [-0.3, -0.25) is 4.98 Å². The molecular weight excluding hydrogens is 324 g/mol. The summed E-state index contributed by atoms with van der Waals surface area (Å²) in [6.45, 7) is 1.98. The Labute approximate surface area is 135 Å². The molecule has 0 bridgehead atoms. The van der Waals surface area contributed by atoms with Crippen molar-refractivity contribution < 1.29 is 17.2 Å². The Balaban J connectivity index is 1.86. The van der Waals surface area contributed by atoms with Crippen molar-refractivity contribution in [2.24, 2.45) is 5.41 Å². The van der Waals surface area contributed by atoms with Crippen LogP contribution in [0.25, 0.3) is 0 Å². The summed E-state index contributed by atoms with van der Waals surface area (Å²) in [7, 11) is -3.45. The van der Waals surface area contributed by atoms with Crippen molar-refractivity contribution in [1.82, 2.24) is 9.29 Å². The number of hydrogen-bond acceptors (Lipinski definition) is 4. The molecule has 3 heterocycles. The minimum Gasteiger partial charge on any atom is -0.369 e. The van der Waals surface area contributed by atoms with Crippen LogP contribution < -0.4 is 4.90 Å². The summed E-state index contributed by atoms with van der Waals surface area (Å²) in [6, 6.07) is 3.61. The van der Waals surface area contributed by atoms with Gasteiger partial charge in [0.05, 0.1) is 23.1 Å². The summed E-state index contributed by atoms with van der Waals surface area (Å²) in [5.74, 6) is -2.91. The summed E-state index contributed by atoms with van der Waals surface area (Å²) in [4.78, 5) is 5.91.